The largest absolute Gasteiger partial charge is 0.390 e. The number of non-ortho nitro benzene ring substituents is 1. The van der Waals surface area contributed by atoms with Crippen molar-refractivity contribution < 1.29 is 20.2 Å². The number of nitro groups is 1. The average Bonchev–Trinajstić information content (AvgIpc) is 3.40. The lowest BCUT2D eigenvalue weighted by Crippen LogP contribution is -2.31. The van der Waals surface area contributed by atoms with E-state index in [4.69, 9.17) is 0 Å². The van der Waals surface area contributed by atoms with Crippen LogP contribution in [0.4, 0.5) is 11.5 Å². The second-order valence-corrected chi connectivity index (χ2v) is 9.77. The van der Waals surface area contributed by atoms with Crippen LogP contribution in [0.3, 0.4) is 0 Å². The molecule has 3 aromatic rings. The Balaban J connectivity index is 1.45. The molecular weight excluding hydrogens is 462 g/mol. The number of anilines is 1. The first-order valence-electron chi connectivity index (χ1n) is 11.2. The van der Waals surface area contributed by atoms with Gasteiger partial charge in [0.15, 0.2) is 22.1 Å². The van der Waals surface area contributed by atoms with Crippen molar-refractivity contribution in [3.8, 4) is 0 Å². The number of nitrogens with one attached hydrogen (secondary N) is 1. The van der Waals surface area contributed by atoms with Crippen LogP contribution in [0, 0.1) is 10.1 Å². The van der Waals surface area contributed by atoms with Gasteiger partial charge in [-0.3, -0.25) is 10.1 Å². The molecular formula is C21H25N7O5S. The predicted octanol–water partition coefficient (Wildman–Crippen LogP) is 1.63. The van der Waals surface area contributed by atoms with Gasteiger partial charge in [0.05, 0.1) is 17.1 Å². The van der Waals surface area contributed by atoms with Gasteiger partial charge in [0, 0.05) is 36.3 Å². The molecule has 2 aliphatic rings. The Morgan fingerprint density at radius 2 is 2.06 bits per heavy atom. The normalized spacial score (nSPS) is 28.4. The van der Waals surface area contributed by atoms with E-state index in [-0.39, 0.29) is 24.1 Å². The molecule has 13 heteroatoms. The summed E-state index contributed by atoms with van der Waals surface area (Å²) in [6, 6.07) is 6.00. The van der Waals surface area contributed by atoms with Crippen molar-refractivity contribution in [1.29, 1.82) is 0 Å². The van der Waals surface area contributed by atoms with Crippen LogP contribution in [-0.4, -0.2) is 75.3 Å². The Morgan fingerprint density at radius 1 is 1.24 bits per heavy atom. The zero-order chi connectivity index (χ0) is 24.0. The summed E-state index contributed by atoms with van der Waals surface area (Å²) in [6.07, 6.45) is -1.67. The first-order valence-corrected chi connectivity index (χ1v) is 12.2. The highest BCUT2D eigenvalue weighted by atomic mass is 32.2. The van der Waals surface area contributed by atoms with Gasteiger partial charge in [-0.2, -0.15) is 0 Å². The number of nitro benzene ring substituents is 1. The van der Waals surface area contributed by atoms with E-state index in [0.717, 1.165) is 24.2 Å². The number of benzene rings is 1. The lowest BCUT2D eigenvalue weighted by molar-refractivity contribution is -0.384. The van der Waals surface area contributed by atoms with Crippen LogP contribution in [0.2, 0.25) is 0 Å². The minimum Gasteiger partial charge on any atom is -0.390 e. The molecule has 0 spiro atoms. The number of thioether (sulfide) groups is 1. The first-order chi connectivity index (χ1) is 16.4. The highest BCUT2D eigenvalue weighted by Gasteiger charge is 2.44. The fraction of sp³-hybridized carbons (Fsp3) is 0.524. The maximum Gasteiger partial charge on any atom is 0.269 e. The minimum atomic E-state index is -1.26. The summed E-state index contributed by atoms with van der Waals surface area (Å²) in [6.45, 7) is 2.06. The summed E-state index contributed by atoms with van der Waals surface area (Å²) in [4.78, 5) is 20.0. The molecule has 180 valence electrons. The van der Waals surface area contributed by atoms with Crippen molar-refractivity contribution in [2.75, 3.05) is 11.1 Å². The average molecular weight is 488 g/mol. The molecule has 6 atom stereocenters. The van der Waals surface area contributed by atoms with Gasteiger partial charge in [0.1, 0.15) is 12.2 Å². The van der Waals surface area contributed by atoms with E-state index >= 15 is 0 Å². The second-order valence-electron chi connectivity index (χ2n) is 8.71. The highest BCUT2D eigenvalue weighted by molar-refractivity contribution is 7.99. The zero-order valence-corrected chi connectivity index (χ0v) is 19.2. The topological polar surface area (TPSA) is 172 Å². The quantitative estimate of drug-likeness (QED) is 0.157. The molecule has 2 aromatic heterocycles. The van der Waals surface area contributed by atoms with E-state index < -0.39 is 29.3 Å². The van der Waals surface area contributed by atoms with Crippen molar-refractivity contribution in [3.63, 3.8) is 0 Å². The monoisotopic (exact) mass is 487 g/mol. The van der Waals surface area contributed by atoms with Gasteiger partial charge in [0.2, 0.25) is 0 Å². The Labute approximate surface area is 198 Å². The maximum atomic E-state index is 11.1. The summed E-state index contributed by atoms with van der Waals surface area (Å²) in [5.74, 6) is 1.42. The van der Waals surface area contributed by atoms with Crippen LogP contribution in [0.25, 0.3) is 11.2 Å². The lowest BCUT2D eigenvalue weighted by atomic mass is 10.1. The summed E-state index contributed by atoms with van der Waals surface area (Å²) in [5.41, 5.74) is 1.79. The molecule has 2 fully saturated rings. The van der Waals surface area contributed by atoms with Gasteiger partial charge in [-0.1, -0.05) is 36.0 Å². The molecule has 2 unspecified atom stereocenters. The van der Waals surface area contributed by atoms with Crippen LogP contribution in [0.15, 0.2) is 29.4 Å². The van der Waals surface area contributed by atoms with Crippen molar-refractivity contribution in [2.24, 2.45) is 0 Å². The molecule has 2 aliphatic carbocycles. The smallest absolute Gasteiger partial charge is 0.269 e. The SMILES string of the molecule is CCCSc1nc(NC2CC2c2cccc([N+](=O)[O-])c2)c2nnn([C@H]3C[C@@H](O)[C@H](O)[C@@H]3O)c2n1. The molecule has 0 bridgehead atoms. The van der Waals surface area contributed by atoms with Crippen LogP contribution >= 0.6 is 11.8 Å². The number of rotatable bonds is 8. The Hall–Kier alpha value is -2.87. The third-order valence-electron chi connectivity index (χ3n) is 6.30. The van der Waals surface area contributed by atoms with E-state index in [1.807, 2.05) is 6.07 Å². The number of aliphatic hydroxyl groups excluding tert-OH is 3. The van der Waals surface area contributed by atoms with Gasteiger partial charge in [-0.15, -0.1) is 5.10 Å². The first kappa shape index (κ1) is 22.9. The second kappa shape index (κ2) is 9.06. The molecule has 0 amide bonds. The lowest BCUT2D eigenvalue weighted by Gasteiger charge is -2.16. The Kier molecular flexibility index (Phi) is 6.10. The van der Waals surface area contributed by atoms with E-state index in [0.29, 0.717) is 22.1 Å². The number of fused-ring (bicyclic) bond motifs is 1. The van der Waals surface area contributed by atoms with Gasteiger partial charge in [-0.25, -0.2) is 14.6 Å². The van der Waals surface area contributed by atoms with Gasteiger partial charge in [-0.05, 0) is 18.4 Å². The number of aromatic nitrogens is 5. The molecule has 0 aliphatic heterocycles. The van der Waals surface area contributed by atoms with E-state index in [2.05, 4.69) is 32.5 Å². The summed E-state index contributed by atoms with van der Waals surface area (Å²) < 4.78 is 1.45. The van der Waals surface area contributed by atoms with Crippen LogP contribution < -0.4 is 5.32 Å². The third-order valence-corrected chi connectivity index (χ3v) is 7.35. The fourth-order valence-electron chi connectivity index (χ4n) is 4.39. The van der Waals surface area contributed by atoms with Gasteiger partial charge >= 0.3 is 0 Å². The van der Waals surface area contributed by atoms with Gasteiger partial charge < -0.3 is 20.6 Å². The van der Waals surface area contributed by atoms with Crippen LogP contribution in [0.1, 0.15) is 43.7 Å². The predicted molar refractivity (Wildman–Crippen MR) is 124 cm³/mol. The van der Waals surface area contributed by atoms with E-state index in [1.165, 1.54) is 22.5 Å². The van der Waals surface area contributed by atoms with Crippen molar-refractivity contribution in [2.45, 2.75) is 67.7 Å². The zero-order valence-electron chi connectivity index (χ0n) is 18.4. The molecule has 4 N–H and O–H groups in total. The molecule has 1 aromatic carbocycles. The molecule has 0 radical (unpaired) electrons. The summed E-state index contributed by atoms with van der Waals surface area (Å²) in [5, 5.41) is 53.8. The number of hydrogen-bond acceptors (Lipinski definition) is 11. The van der Waals surface area contributed by atoms with Gasteiger partial charge in [0.25, 0.3) is 5.69 Å². The minimum absolute atomic E-state index is 0.0231. The summed E-state index contributed by atoms with van der Waals surface area (Å²) >= 11 is 1.49. The van der Waals surface area contributed by atoms with E-state index in [9.17, 15) is 25.4 Å². The molecule has 5 rings (SSSR count). The molecule has 2 heterocycles. The van der Waals surface area contributed by atoms with Crippen LogP contribution in [0.5, 0.6) is 0 Å². The fourth-order valence-corrected chi connectivity index (χ4v) is 5.08. The van der Waals surface area contributed by atoms with Crippen molar-refractivity contribution in [1.82, 2.24) is 25.0 Å². The number of hydrogen-bond donors (Lipinski definition) is 4. The standard InChI is InChI=1S/C21H25N7O5S/c1-2-6-34-21-23-19(22-13-8-12(13)10-4-3-5-11(7-10)28(32)33)16-20(24-21)27(26-25-16)14-9-15(29)18(31)17(14)30/h3-5,7,12-15,17-18,29-31H,2,6,8-9H2,1H3,(H,22,23,24)/t12?,13?,14-,15+,17+,18-/m0/s1. The summed E-state index contributed by atoms with van der Waals surface area (Å²) in [7, 11) is 0. The molecule has 34 heavy (non-hydrogen) atoms. The van der Waals surface area contributed by atoms with Crippen molar-refractivity contribution >= 4 is 34.4 Å². The van der Waals surface area contributed by atoms with Crippen LogP contribution in [-0.2, 0) is 0 Å². The maximum absolute atomic E-state index is 11.1. The Morgan fingerprint density at radius 3 is 2.76 bits per heavy atom. The van der Waals surface area contributed by atoms with Crippen molar-refractivity contribution in [3.05, 3.63) is 39.9 Å². The van der Waals surface area contributed by atoms with E-state index in [1.54, 1.807) is 12.1 Å². The molecule has 0 saturated heterocycles. The number of aliphatic hydroxyl groups is 3. The third kappa shape index (κ3) is 4.19. The Bertz CT molecular complexity index is 1220. The highest BCUT2D eigenvalue weighted by Crippen LogP contribution is 2.44. The molecule has 2 saturated carbocycles. The number of nitrogens with zero attached hydrogens (tertiary/aromatic N) is 6. The molecule has 12 nitrogen and oxygen atoms in total.